The molecule has 0 radical (unpaired) electrons. The predicted molar refractivity (Wildman–Crippen MR) is 99.4 cm³/mol. The highest BCUT2D eigenvalue weighted by Gasteiger charge is 2.21. The van der Waals surface area contributed by atoms with Gasteiger partial charge in [-0.2, -0.15) is 0 Å². The molecular formula is C20H25N3O3. The van der Waals surface area contributed by atoms with Gasteiger partial charge in [-0.05, 0) is 36.6 Å². The van der Waals surface area contributed by atoms with Crippen LogP contribution >= 0.6 is 0 Å². The number of carbonyl (C=O) groups excluding carboxylic acids is 2. The lowest BCUT2D eigenvalue weighted by molar-refractivity contribution is -0.120. The van der Waals surface area contributed by atoms with Crippen molar-refractivity contribution in [2.75, 3.05) is 5.32 Å². The van der Waals surface area contributed by atoms with Crippen LogP contribution in [0.3, 0.4) is 0 Å². The minimum atomic E-state index is -0.218. The highest BCUT2D eigenvalue weighted by Crippen LogP contribution is 2.25. The van der Waals surface area contributed by atoms with E-state index in [1.54, 1.807) is 6.07 Å². The summed E-state index contributed by atoms with van der Waals surface area (Å²) in [5, 5.41) is 5.85. The van der Waals surface area contributed by atoms with Crippen molar-refractivity contribution in [3.63, 3.8) is 0 Å². The van der Waals surface area contributed by atoms with Gasteiger partial charge in [0.15, 0.2) is 0 Å². The smallest absolute Gasteiger partial charge is 0.254 e. The van der Waals surface area contributed by atoms with Crippen molar-refractivity contribution in [1.82, 2.24) is 5.32 Å². The lowest BCUT2D eigenvalue weighted by Gasteiger charge is -2.20. The van der Waals surface area contributed by atoms with E-state index in [0.717, 1.165) is 36.9 Å². The number of hydrogen-bond donors (Lipinski definition) is 3. The van der Waals surface area contributed by atoms with Crippen molar-refractivity contribution < 1.29 is 14.0 Å². The molecule has 3 rings (SSSR count). The van der Waals surface area contributed by atoms with Crippen LogP contribution < -0.4 is 16.4 Å². The highest BCUT2D eigenvalue weighted by atomic mass is 16.3. The second-order valence-electron chi connectivity index (χ2n) is 6.71. The molecule has 2 aromatic rings. The van der Waals surface area contributed by atoms with Crippen molar-refractivity contribution in [2.24, 2.45) is 11.7 Å². The summed E-state index contributed by atoms with van der Waals surface area (Å²) in [6.07, 6.45) is 6.82. The van der Waals surface area contributed by atoms with E-state index in [-0.39, 0.29) is 24.3 Å². The molecule has 1 heterocycles. The number of rotatable bonds is 6. The van der Waals surface area contributed by atoms with Crippen molar-refractivity contribution in [2.45, 2.75) is 45.2 Å². The molecule has 1 aromatic carbocycles. The molecule has 0 spiro atoms. The molecule has 2 amide bonds. The monoisotopic (exact) mass is 355 g/mol. The van der Waals surface area contributed by atoms with E-state index >= 15 is 0 Å². The fourth-order valence-electron chi connectivity index (χ4n) is 3.26. The summed E-state index contributed by atoms with van der Waals surface area (Å²) in [5.41, 5.74) is 7.61. The fraction of sp³-hybridized carbons (Fsp3) is 0.400. The Balaban J connectivity index is 1.55. The van der Waals surface area contributed by atoms with E-state index in [2.05, 4.69) is 10.6 Å². The van der Waals surface area contributed by atoms with Gasteiger partial charge in [-0.15, -0.1) is 0 Å². The van der Waals surface area contributed by atoms with Gasteiger partial charge in [0.05, 0.1) is 12.1 Å². The Kier molecular flexibility index (Phi) is 6.07. The maximum atomic E-state index is 12.4. The van der Waals surface area contributed by atoms with Gasteiger partial charge in [0.1, 0.15) is 12.0 Å². The molecule has 0 aliphatic heterocycles. The van der Waals surface area contributed by atoms with Gasteiger partial charge in [0, 0.05) is 18.2 Å². The van der Waals surface area contributed by atoms with Gasteiger partial charge in [0.25, 0.3) is 5.91 Å². The number of anilines is 1. The average Bonchev–Trinajstić information content (AvgIpc) is 3.16. The largest absolute Gasteiger partial charge is 0.467 e. The van der Waals surface area contributed by atoms with Crippen LogP contribution in [0.2, 0.25) is 0 Å². The van der Waals surface area contributed by atoms with Crippen LogP contribution in [-0.4, -0.2) is 11.8 Å². The third-order valence-corrected chi connectivity index (χ3v) is 4.74. The van der Waals surface area contributed by atoms with Crippen LogP contribution in [0.1, 0.15) is 53.8 Å². The van der Waals surface area contributed by atoms with Gasteiger partial charge < -0.3 is 20.8 Å². The molecule has 6 heteroatoms. The first kappa shape index (κ1) is 18.2. The van der Waals surface area contributed by atoms with Crippen molar-refractivity contribution in [3.05, 3.63) is 53.5 Å². The van der Waals surface area contributed by atoms with Gasteiger partial charge in [-0.1, -0.05) is 31.4 Å². The molecule has 1 aromatic heterocycles. The van der Waals surface area contributed by atoms with E-state index in [9.17, 15) is 9.59 Å². The number of nitrogens with one attached hydrogen (secondary N) is 2. The van der Waals surface area contributed by atoms with Crippen molar-refractivity contribution in [3.8, 4) is 0 Å². The maximum Gasteiger partial charge on any atom is 0.254 e. The third kappa shape index (κ3) is 4.73. The molecular weight excluding hydrogens is 330 g/mol. The Labute approximate surface area is 153 Å². The van der Waals surface area contributed by atoms with Crippen LogP contribution in [0.4, 0.5) is 5.69 Å². The molecule has 1 saturated carbocycles. The lowest BCUT2D eigenvalue weighted by Crippen LogP contribution is -2.25. The summed E-state index contributed by atoms with van der Waals surface area (Å²) in [6, 6.07) is 9.19. The maximum absolute atomic E-state index is 12.4. The Hall–Kier alpha value is -2.60. The summed E-state index contributed by atoms with van der Waals surface area (Å²) < 4.78 is 5.17. The SMILES string of the molecule is NCc1cc(C(=O)NCc2cccc(NC(=O)C3CCCCC3)c2)co1. The molecule has 0 saturated heterocycles. The van der Waals surface area contributed by atoms with Gasteiger partial charge in [0.2, 0.25) is 5.91 Å². The summed E-state index contributed by atoms with van der Waals surface area (Å²) in [4.78, 5) is 24.5. The van der Waals surface area contributed by atoms with Gasteiger partial charge in [-0.3, -0.25) is 9.59 Å². The Morgan fingerprint density at radius 2 is 1.96 bits per heavy atom. The zero-order valence-electron chi connectivity index (χ0n) is 14.8. The molecule has 6 nitrogen and oxygen atoms in total. The Morgan fingerprint density at radius 3 is 2.69 bits per heavy atom. The van der Waals surface area contributed by atoms with Gasteiger partial charge >= 0.3 is 0 Å². The minimum Gasteiger partial charge on any atom is -0.467 e. The van der Waals surface area contributed by atoms with E-state index in [1.165, 1.54) is 12.7 Å². The zero-order chi connectivity index (χ0) is 18.4. The molecule has 4 N–H and O–H groups in total. The van der Waals surface area contributed by atoms with Crippen LogP contribution in [0.15, 0.2) is 41.0 Å². The lowest BCUT2D eigenvalue weighted by atomic mass is 9.88. The molecule has 26 heavy (non-hydrogen) atoms. The van der Waals surface area contributed by atoms with Crippen LogP contribution in [0.25, 0.3) is 0 Å². The van der Waals surface area contributed by atoms with E-state index in [1.807, 2.05) is 24.3 Å². The van der Waals surface area contributed by atoms with Crippen LogP contribution in [0, 0.1) is 5.92 Å². The quantitative estimate of drug-likeness (QED) is 0.741. The van der Waals surface area contributed by atoms with E-state index in [0.29, 0.717) is 17.9 Å². The number of amides is 2. The van der Waals surface area contributed by atoms with Crippen LogP contribution in [-0.2, 0) is 17.9 Å². The van der Waals surface area contributed by atoms with Crippen molar-refractivity contribution >= 4 is 17.5 Å². The highest BCUT2D eigenvalue weighted by molar-refractivity contribution is 5.94. The predicted octanol–water partition coefficient (Wildman–Crippen LogP) is 3.19. The number of furan rings is 1. The van der Waals surface area contributed by atoms with Crippen LogP contribution in [0.5, 0.6) is 0 Å². The molecule has 0 atom stereocenters. The summed E-state index contributed by atoms with van der Waals surface area (Å²) in [7, 11) is 0. The minimum absolute atomic E-state index is 0.0959. The number of carbonyl (C=O) groups is 2. The normalized spacial score (nSPS) is 14.8. The molecule has 0 unspecified atom stereocenters. The first-order valence-corrected chi connectivity index (χ1v) is 9.11. The summed E-state index contributed by atoms with van der Waals surface area (Å²) in [6.45, 7) is 0.630. The summed E-state index contributed by atoms with van der Waals surface area (Å²) >= 11 is 0. The zero-order valence-corrected chi connectivity index (χ0v) is 14.8. The number of benzene rings is 1. The summed E-state index contributed by atoms with van der Waals surface area (Å²) in [5.74, 6) is 0.566. The van der Waals surface area contributed by atoms with Gasteiger partial charge in [-0.25, -0.2) is 0 Å². The second kappa shape index (κ2) is 8.67. The molecule has 1 aliphatic rings. The molecule has 1 fully saturated rings. The first-order chi connectivity index (χ1) is 12.7. The molecule has 1 aliphatic carbocycles. The fourth-order valence-corrected chi connectivity index (χ4v) is 3.26. The standard InChI is InChI=1S/C20H25N3O3/c21-11-18-10-16(13-26-18)19(24)22-12-14-5-4-8-17(9-14)23-20(25)15-6-2-1-3-7-15/h4-5,8-10,13,15H,1-3,6-7,11-12,21H2,(H,22,24)(H,23,25). The molecule has 0 bridgehead atoms. The first-order valence-electron chi connectivity index (χ1n) is 9.11. The Bertz CT molecular complexity index is 763. The van der Waals surface area contributed by atoms with E-state index in [4.69, 9.17) is 10.2 Å². The van der Waals surface area contributed by atoms with Crippen molar-refractivity contribution in [1.29, 1.82) is 0 Å². The molecule has 138 valence electrons. The van der Waals surface area contributed by atoms with E-state index < -0.39 is 0 Å². The second-order valence-corrected chi connectivity index (χ2v) is 6.71. The average molecular weight is 355 g/mol. The topological polar surface area (TPSA) is 97.4 Å². The number of nitrogens with two attached hydrogens (primary N) is 1. The number of hydrogen-bond acceptors (Lipinski definition) is 4. The Morgan fingerprint density at radius 1 is 1.15 bits per heavy atom. The third-order valence-electron chi connectivity index (χ3n) is 4.74.